The van der Waals surface area contributed by atoms with Gasteiger partial charge in [0.05, 0.1) is 19.3 Å². The molecule has 2 aliphatic rings. The molecule has 1 aliphatic heterocycles. The summed E-state index contributed by atoms with van der Waals surface area (Å²) in [5, 5.41) is 13.2. The number of aliphatic hydroxyl groups is 1. The molecule has 3 rings (SSSR count). The molecule has 7 nitrogen and oxygen atoms in total. The smallest absolute Gasteiger partial charge is 0.231 e. The summed E-state index contributed by atoms with van der Waals surface area (Å²) in [6.45, 7) is 6.84. The predicted octanol–water partition coefficient (Wildman–Crippen LogP) is 0.933. The number of hydrogen-bond donors (Lipinski definition) is 2. The average molecular weight is 314 g/mol. The molecule has 0 amide bonds. The topological polar surface area (TPSA) is 83.4 Å². The monoisotopic (exact) mass is 313 g/mol. The van der Waals surface area contributed by atoms with Gasteiger partial charge in [0.25, 0.3) is 0 Å². The predicted molar refractivity (Wildman–Crippen MR) is 79.7 cm³/mol. The van der Waals surface area contributed by atoms with Gasteiger partial charge in [-0.15, -0.1) is 0 Å². The Morgan fingerprint density at radius 2 is 2.00 bits per heavy atom. The van der Waals surface area contributed by atoms with Crippen molar-refractivity contribution < 1.29 is 9.84 Å². The first-order valence-electron chi connectivity index (χ1n) is 7.15. The van der Waals surface area contributed by atoms with Crippen molar-refractivity contribution >= 4 is 23.5 Å². The highest BCUT2D eigenvalue weighted by molar-refractivity contribution is 6.28. The molecule has 2 atom stereocenters. The summed E-state index contributed by atoms with van der Waals surface area (Å²) in [5.41, 5.74) is -0.196. The summed E-state index contributed by atoms with van der Waals surface area (Å²) in [7, 11) is 0. The van der Waals surface area contributed by atoms with Gasteiger partial charge in [-0.1, -0.05) is 13.8 Å². The Morgan fingerprint density at radius 3 is 2.62 bits per heavy atom. The fourth-order valence-corrected chi connectivity index (χ4v) is 2.77. The van der Waals surface area contributed by atoms with Gasteiger partial charge in [-0.05, 0) is 18.0 Å². The van der Waals surface area contributed by atoms with Crippen LogP contribution >= 0.6 is 11.6 Å². The molecule has 1 aromatic heterocycles. The maximum absolute atomic E-state index is 9.80. The molecule has 1 saturated heterocycles. The third kappa shape index (κ3) is 2.90. The number of rotatable bonds is 3. The van der Waals surface area contributed by atoms with Crippen LogP contribution in [0.5, 0.6) is 0 Å². The minimum Gasteiger partial charge on any atom is -0.392 e. The molecule has 0 radical (unpaired) electrons. The Morgan fingerprint density at radius 1 is 1.29 bits per heavy atom. The first-order valence-corrected chi connectivity index (χ1v) is 7.53. The molecule has 116 valence electrons. The maximum atomic E-state index is 9.80. The van der Waals surface area contributed by atoms with Crippen molar-refractivity contribution in [2.24, 2.45) is 5.41 Å². The Hall–Kier alpha value is -1.18. The van der Waals surface area contributed by atoms with Crippen LogP contribution in [0.1, 0.15) is 20.3 Å². The quantitative estimate of drug-likeness (QED) is 0.859. The summed E-state index contributed by atoms with van der Waals surface area (Å²) >= 11 is 6.00. The molecule has 1 aliphatic carbocycles. The highest BCUT2D eigenvalue weighted by Crippen LogP contribution is 2.41. The number of nitrogens with one attached hydrogen (secondary N) is 1. The molecule has 8 heteroatoms. The second kappa shape index (κ2) is 5.55. The van der Waals surface area contributed by atoms with Crippen molar-refractivity contribution in [1.29, 1.82) is 0 Å². The normalized spacial score (nSPS) is 28.1. The Kier molecular flexibility index (Phi) is 3.90. The van der Waals surface area contributed by atoms with E-state index >= 15 is 0 Å². The third-order valence-corrected chi connectivity index (χ3v) is 4.58. The van der Waals surface area contributed by atoms with Crippen LogP contribution in [0.15, 0.2) is 0 Å². The Labute approximate surface area is 128 Å². The summed E-state index contributed by atoms with van der Waals surface area (Å²) < 4.78 is 5.32. The van der Waals surface area contributed by atoms with E-state index in [9.17, 15) is 5.11 Å². The first kappa shape index (κ1) is 14.7. The largest absolute Gasteiger partial charge is 0.392 e. The molecule has 21 heavy (non-hydrogen) atoms. The first-order chi connectivity index (χ1) is 9.96. The van der Waals surface area contributed by atoms with E-state index in [1.165, 1.54) is 0 Å². The number of anilines is 2. The Balaban J connectivity index is 1.75. The summed E-state index contributed by atoms with van der Waals surface area (Å²) in [6.07, 6.45) is 0.384. The molecule has 1 saturated carbocycles. The van der Waals surface area contributed by atoms with Gasteiger partial charge in [0.2, 0.25) is 17.2 Å². The molecule has 0 bridgehead atoms. The number of halogens is 1. The number of ether oxygens (including phenoxy) is 1. The standard InChI is InChI=1S/C13H20ClN5O2/c1-13(2)8(7-9(13)20)15-11-16-10(14)17-12(18-11)19-3-5-21-6-4-19/h8-9,20H,3-7H2,1-2H3,(H,15,16,17,18). The number of nitrogens with zero attached hydrogens (tertiary/aromatic N) is 4. The van der Waals surface area contributed by atoms with Crippen LogP contribution in [0.25, 0.3) is 0 Å². The van der Waals surface area contributed by atoms with Crippen LogP contribution < -0.4 is 10.2 Å². The molecule has 0 spiro atoms. The van der Waals surface area contributed by atoms with Gasteiger partial charge < -0.3 is 20.1 Å². The van der Waals surface area contributed by atoms with Crippen molar-refractivity contribution in [1.82, 2.24) is 15.0 Å². The average Bonchev–Trinajstić information content (AvgIpc) is 2.47. The molecular formula is C13H20ClN5O2. The van der Waals surface area contributed by atoms with Crippen LogP contribution in [0.2, 0.25) is 5.28 Å². The van der Waals surface area contributed by atoms with Crippen molar-refractivity contribution in [3.8, 4) is 0 Å². The number of aromatic nitrogens is 3. The summed E-state index contributed by atoms with van der Waals surface area (Å²) in [5.74, 6) is 1.03. The van der Waals surface area contributed by atoms with Crippen molar-refractivity contribution in [3.05, 3.63) is 5.28 Å². The van der Waals surface area contributed by atoms with Gasteiger partial charge in [0.15, 0.2) is 0 Å². The van der Waals surface area contributed by atoms with Crippen LogP contribution in [-0.2, 0) is 4.74 Å². The molecule has 2 fully saturated rings. The van der Waals surface area contributed by atoms with E-state index in [0.717, 1.165) is 13.1 Å². The number of aliphatic hydroxyl groups excluding tert-OH is 1. The van der Waals surface area contributed by atoms with E-state index in [2.05, 4.69) is 20.3 Å². The van der Waals surface area contributed by atoms with Gasteiger partial charge >= 0.3 is 0 Å². The van der Waals surface area contributed by atoms with Crippen LogP contribution in [-0.4, -0.2) is 58.5 Å². The van der Waals surface area contributed by atoms with E-state index in [1.54, 1.807) is 0 Å². The zero-order valence-corrected chi connectivity index (χ0v) is 13.0. The van der Waals surface area contributed by atoms with E-state index < -0.39 is 0 Å². The lowest BCUT2D eigenvalue weighted by molar-refractivity contribution is -0.0512. The van der Waals surface area contributed by atoms with E-state index in [1.807, 2.05) is 18.7 Å². The molecule has 2 N–H and O–H groups in total. The summed E-state index contributed by atoms with van der Waals surface area (Å²) in [6, 6.07) is 0.128. The lowest BCUT2D eigenvalue weighted by Crippen LogP contribution is -2.57. The Bertz CT molecular complexity index is 521. The summed E-state index contributed by atoms with van der Waals surface area (Å²) in [4.78, 5) is 14.8. The molecule has 0 aromatic carbocycles. The van der Waals surface area contributed by atoms with Crippen molar-refractivity contribution in [3.63, 3.8) is 0 Å². The van der Waals surface area contributed by atoms with Crippen LogP contribution in [0.4, 0.5) is 11.9 Å². The fourth-order valence-electron chi connectivity index (χ4n) is 2.61. The van der Waals surface area contributed by atoms with Gasteiger partial charge in [0, 0.05) is 24.5 Å². The van der Waals surface area contributed by atoms with Crippen molar-refractivity contribution in [2.45, 2.75) is 32.4 Å². The second-order valence-corrected chi connectivity index (χ2v) is 6.44. The van der Waals surface area contributed by atoms with Gasteiger partial charge in [-0.2, -0.15) is 15.0 Å². The number of hydrogen-bond acceptors (Lipinski definition) is 7. The molecule has 2 heterocycles. The maximum Gasteiger partial charge on any atom is 0.231 e. The van der Waals surface area contributed by atoms with Gasteiger partial charge in [0.1, 0.15) is 0 Å². The fraction of sp³-hybridized carbons (Fsp3) is 0.769. The van der Waals surface area contributed by atoms with E-state index in [0.29, 0.717) is 31.5 Å². The number of morpholine rings is 1. The molecule has 1 aromatic rings. The van der Waals surface area contributed by atoms with E-state index in [4.69, 9.17) is 16.3 Å². The van der Waals surface area contributed by atoms with Gasteiger partial charge in [-0.25, -0.2) is 0 Å². The SMILES string of the molecule is CC1(C)C(O)CC1Nc1nc(Cl)nc(N2CCOCC2)n1. The zero-order chi connectivity index (χ0) is 15.0. The second-order valence-electron chi connectivity index (χ2n) is 6.10. The highest BCUT2D eigenvalue weighted by atomic mass is 35.5. The lowest BCUT2D eigenvalue weighted by Gasteiger charge is -2.49. The molecular weight excluding hydrogens is 294 g/mol. The van der Waals surface area contributed by atoms with Crippen LogP contribution in [0.3, 0.4) is 0 Å². The van der Waals surface area contributed by atoms with Crippen LogP contribution in [0, 0.1) is 5.41 Å². The lowest BCUT2D eigenvalue weighted by atomic mass is 9.65. The zero-order valence-electron chi connectivity index (χ0n) is 12.2. The van der Waals surface area contributed by atoms with Crippen molar-refractivity contribution in [2.75, 3.05) is 36.5 Å². The molecule has 2 unspecified atom stereocenters. The minimum atomic E-state index is -0.300. The minimum absolute atomic E-state index is 0.128. The van der Waals surface area contributed by atoms with E-state index in [-0.39, 0.29) is 22.8 Å². The highest BCUT2D eigenvalue weighted by Gasteiger charge is 2.47. The van der Waals surface area contributed by atoms with Gasteiger partial charge in [-0.3, -0.25) is 0 Å². The third-order valence-electron chi connectivity index (χ3n) is 4.41.